The molecule has 12 atom stereocenters. The van der Waals surface area contributed by atoms with Gasteiger partial charge in [0.25, 0.3) is 0 Å². The summed E-state index contributed by atoms with van der Waals surface area (Å²) in [4.78, 5) is 23.6. The quantitative estimate of drug-likeness (QED) is 0.131. The van der Waals surface area contributed by atoms with Gasteiger partial charge in [-0.3, -0.25) is 4.79 Å². The van der Waals surface area contributed by atoms with Crippen LogP contribution >= 0.6 is 0 Å². The summed E-state index contributed by atoms with van der Waals surface area (Å²) in [6.45, 7) is 19.1. The van der Waals surface area contributed by atoms with Crippen molar-refractivity contribution in [1.82, 2.24) is 5.32 Å². The van der Waals surface area contributed by atoms with E-state index in [0.717, 1.165) is 18.4 Å². The van der Waals surface area contributed by atoms with Gasteiger partial charge in [0.2, 0.25) is 5.91 Å². The topological polar surface area (TPSA) is 142 Å². The molecule has 1 aliphatic heterocycles. The van der Waals surface area contributed by atoms with E-state index in [1.54, 1.807) is 19.1 Å². The van der Waals surface area contributed by atoms with Crippen LogP contribution in [0.5, 0.6) is 0 Å². The maximum absolute atomic E-state index is 12.1. The lowest BCUT2D eigenvalue weighted by molar-refractivity contribution is -0.135. The minimum Gasteiger partial charge on any atom is -0.445 e. The summed E-state index contributed by atoms with van der Waals surface area (Å²) in [5, 5.41) is 35.3. The van der Waals surface area contributed by atoms with Crippen LogP contribution in [0.3, 0.4) is 0 Å². The number of carbonyl (C=O) groups excluding carboxylic acids is 2. The van der Waals surface area contributed by atoms with Crippen LogP contribution in [0.1, 0.15) is 74.7 Å². The normalized spacial score (nSPS) is 27.9. The van der Waals surface area contributed by atoms with Crippen molar-refractivity contribution in [2.24, 2.45) is 47.2 Å². The maximum atomic E-state index is 12.1. The summed E-state index contributed by atoms with van der Waals surface area (Å²) in [6, 6.07) is -0.0624. The van der Waals surface area contributed by atoms with Gasteiger partial charge in [-0.15, -0.1) is 0 Å². The summed E-state index contributed by atoms with van der Waals surface area (Å²) >= 11 is 0. The molecule has 1 aliphatic rings. The van der Waals surface area contributed by atoms with Crippen LogP contribution in [0.25, 0.3) is 0 Å². The Morgan fingerprint density at radius 1 is 1.07 bits per heavy atom. The fourth-order valence-electron chi connectivity index (χ4n) is 5.96. The lowest BCUT2D eigenvalue weighted by Gasteiger charge is -2.37. The van der Waals surface area contributed by atoms with E-state index in [0.29, 0.717) is 6.42 Å². The van der Waals surface area contributed by atoms with E-state index in [1.807, 2.05) is 66.7 Å². The highest BCUT2D eigenvalue weighted by Gasteiger charge is 2.38. The molecular formula is C33H56N2O6. The first-order valence-corrected chi connectivity index (χ1v) is 15.1. The second kappa shape index (κ2) is 17.5. The third-order valence-electron chi connectivity index (χ3n) is 8.74. The highest BCUT2D eigenvalue weighted by molar-refractivity contribution is 5.80. The number of hydrogen-bond acceptors (Lipinski definition) is 6. The molecule has 0 aromatic carbocycles. The maximum Gasteiger partial charge on any atom is 0.404 e. The summed E-state index contributed by atoms with van der Waals surface area (Å²) in [5.74, 6) is -1.27. The number of piperidine rings is 1. The van der Waals surface area contributed by atoms with E-state index < -0.39 is 30.5 Å². The molecule has 1 rings (SSSR count). The first kappa shape index (κ1) is 36.6. The van der Waals surface area contributed by atoms with Crippen LogP contribution in [0, 0.1) is 41.4 Å². The first-order chi connectivity index (χ1) is 19.1. The number of rotatable bonds is 16. The number of amides is 2. The Morgan fingerprint density at radius 3 is 2.29 bits per heavy atom. The SMILES string of the molecule is C=C/C=C\[C@H](C)[C@H](OC(N)=O)[C@@H](C)[C@H](O)[C@@H](C)C/C(C)=C\[C@H](C)[C@@H](O)[C@@H](C)/C=C\CC[C@@H]1NC(=O)[C@H](C)[C@@H](O)[C@H]1C. The Kier molecular flexibility index (Phi) is 15.6. The van der Waals surface area contributed by atoms with Crippen LogP contribution in [0.4, 0.5) is 4.79 Å². The molecule has 0 aromatic heterocycles. The van der Waals surface area contributed by atoms with E-state index in [4.69, 9.17) is 10.5 Å². The van der Waals surface area contributed by atoms with Gasteiger partial charge in [-0.2, -0.15) is 0 Å². The zero-order chi connectivity index (χ0) is 31.4. The molecule has 8 nitrogen and oxygen atoms in total. The molecule has 0 unspecified atom stereocenters. The Balaban J connectivity index is 2.69. The van der Waals surface area contributed by atoms with Gasteiger partial charge in [-0.05, 0) is 32.1 Å². The van der Waals surface area contributed by atoms with Crippen molar-refractivity contribution in [3.05, 3.63) is 48.6 Å². The van der Waals surface area contributed by atoms with Gasteiger partial charge in [0, 0.05) is 35.6 Å². The van der Waals surface area contributed by atoms with Gasteiger partial charge in [0.1, 0.15) is 6.10 Å². The lowest BCUT2D eigenvalue weighted by Crippen LogP contribution is -2.55. The number of ether oxygens (including phenoxy) is 1. The van der Waals surface area contributed by atoms with Crippen molar-refractivity contribution in [2.75, 3.05) is 0 Å². The van der Waals surface area contributed by atoms with Gasteiger partial charge >= 0.3 is 6.09 Å². The van der Waals surface area contributed by atoms with Crippen LogP contribution in [-0.4, -0.2) is 57.8 Å². The molecule has 0 radical (unpaired) electrons. The second-order valence-corrected chi connectivity index (χ2v) is 12.4. The van der Waals surface area contributed by atoms with E-state index in [2.05, 4.69) is 18.0 Å². The van der Waals surface area contributed by atoms with Crippen molar-refractivity contribution in [1.29, 1.82) is 0 Å². The third kappa shape index (κ3) is 11.4. The van der Waals surface area contributed by atoms with Crippen LogP contribution in [0.15, 0.2) is 48.6 Å². The molecule has 1 saturated heterocycles. The second-order valence-electron chi connectivity index (χ2n) is 12.4. The first-order valence-electron chi connectivity index (χ1n) is 15.1. The van der Waals surface area contributed by atoms with Crippen molar-refractivity contribution < 1.29 is 29.6 Å². The van der Waals surface area contributed by atoms with Gasteiger partial charge in [0.05, 0.1) is 24.2 Å². The minimum atomic E-state index is -0.869. The largest absolute Gasteiger partial charge is 0.445 e. The summed E-state index contributed by atoms with van der Waals surface area (Å²) in [6.07, 6.45) is 10.1. The fraction of sp³-hybridized carbons (Fsp3) is 0.697. The molecule has 0 spiro atoms. The molecule has 0 aromatic rings. The molecule has 0 aliphatic carbocycles. The molecular weight excluding hydrogens is 520 g/mol. The highest BCUT2D eigenvalue weighted by atomic mass is 16.6. The van der Waals surface area contributed by atoms with Crippen molar-refractivity contribution >= 4 is 12.0 Å². The molecule has 8 heteroatoms. The van der Waals surface area contributed by atoms with Gasteiger partial charge in [-0.1, -0.05) is 97.1 Å². The zero-order valence-electron chi connectivity index (χ0n) is 26.4. The number of aliphatic hydroxyl groups is 3. The molecule has 2 amide bonds. The van der Waals surface area contributed by atoms with E-state index in [-0.39, 0.29) is 53.4 Å². The smallest absolute Gasteiger partial charge is 0.404 e. The summed E-state index contributed by atoms with van der Waals surface area (Å²) in [7, 11) is 0. The summed E-state index contributed by atoms with van der Waals surface area (Å²) < 4.78 is 5.37. The number of nitrogens with one attached hydrogen (secondary N) is 1. The number of primary amides is 1. The number of hydrogen-bond donors (Lipinski definition) is 5. The monoisotopic (exact) mass is 576 g/mol. The Morgan fingerprint density at radius 2 is 1.71 bits per heavy atom. The average Bonchev–Trinajstić information content (AvgIpc) is 2.92. The Hall–Kier alpha value is -2.42. The van der Waals surface area contributed by atoms with Crippen LogP contribution in [0.2, 0.25) is 0 Å². The fourth-order valence-corrected chi connectivity index (χ4v) is 5.96. The van der Waals surface area contributed by atoms with Gasteiger partial charge < -0.3 is 31.1 Å². The number of allylic oxidation sites excluding steroid dienone is 4. The average molecular weight is 577 g/mol. The number of carbonyl (C=O) groups is 2. The van der Waals surface area contributed by atoms with Crippen LogP contribution in [-0.2, 0) is 9.53 Å². The van der Waals surface area contributed by atoms with Crippen molar-refractivity contribution in [3.8, 4) is 0 Å². The van der Waals surface area contributed by atoms with E-state index >= 15 is 0 Å². The highest BCUT2D eigenvalue weighted by Crippen LogP contribution is 2.29. The zero-order valence-corrected chi connectivity index (χ0v) is 26.4. The molecule has 41 heavy (non-hydrogen) atoms. The number of aliphatic hydroxyl groups excluding tert-OH is 3. The molecule has 1 heterocycles. The predicted octanol–water partition coefficient (Wildman–Crippen LogP) is 4.90. The molecule has 234 valence electrons. The lowest BCUT2D eigenvalue weighted by atomic mass is 9.81. The van der Waals surface area contributed by atoms with Crippen molar-refractivity contribution in [2.45, 2.75) is 105 Å². The minimum absolute atomic E-state index is 0.00444. The van der Waals surface area contributed by atoms with E-state index in [9.17, 15) is 24.9 Å². The van der Waals surface area contributed by atoms with E-state index in [1.165, 1.54) is 0 Å². The number of nitrogens with two attached hydrogens (primary N) is 1. The third-order valence-corrected chi connectivity index (χ3v) is 8.74. The van der Waals surface area contributed by atoms with Crippen LogP contribution < -0.4 is 11.1 Å². The predicted molar refractivity (Wildman–Crippen MR) is 165 cm³/mol. The Bertz CT molecular complexity index is 931. The standard InChI is InChI=1S/C33H56N2O6/c1-10-11-14-21(4)31(41-33(34)40)25(8)29(37)23(6)18-19(2)17-22(5)28(36)20(3)15-12-13-16-27-24(7)30(38)26(9)32(39)35-27/h10-12,14-15,17,20-31,36-38H,1,13,16,18H2,2-9H3,(H2,34,40)(H,35,39)/b14-11-,15-12-,19-17-/t20-,21-,22-,23-,24-,25-,26+,27-,28-,29+,30-,31-/m0/s1. The molecule has 0 saturated carbocycles. The summed E-state index contributed by atoms with van der Waals surface area (Å²) in [5.41, 5.74) is 6.37. The molecule has 1 fully saturated rings. The van der Waals surface area contributed by atoms with Gasteiger partial charge in [0.15, 0.2) is 0 Å². The molecule has 6 N–H and O–H groups in total. The van der Waals surface area contributed by atoms with Gasteiger partial charge in [-0.25, -0.2) is 4.79 Å². The Labute approximate surface area is 247 Å². The molecule has 0 bridgehead atoms. The van der Waals surface area contributed by atoms with Crippen molar-refractivity contribution in [3.63, 3.8) is 0 Å².